The van der Waals surface area contributed by atoms with E-state index in [0.29, 0.717) is 22.0 Å². The van der Waals surface area contributed by atoms with Crippen LogP contribution in [0.3, 0.4) is 0 Å². The van der Waals surface area contributed by atoms with E-state index in [2.05, 4.69) is 15.5 Å². The van der Waals surface area contributed by atoms with Crippen molar-refractivity contribution in [1.29, 1.82) is 0 Å². The second-order valence-electron chi connectivity index (χ2n) is 6.07. The fourth-order valence-corrected chi connectivity index (χ4v) is 2.70. The van der Waals surface area contributed by atoms with Gasteiger partial charge in [-0.05, 0) is 41.6 Å². The number of aromatic nitrogens is 4. The molecule has 0 atom stereocenters. The molecule has 7 heteroatoms. The van der Waals surface area contributed by atoms with Gasteiger partial charge in [0.15, 0.2) is 11.6 Å². The highest BCUT2D eigenvalue weighted by Gasteiger charge is 2.23. The van der Waals surface area contributed by atoms with Gasteiger partial charge in [0.05, 0.1) is 16.3 Å². The van der Waals surface area contributed by atoms with Gasteiger partial charge in [0, 0.05) is 25.9 Å². The lowest BCUT2D eigenvalue weighted by Crippen LogP contribution is -2.14. The maximum atomic E-state index is 13.1. The number of carbonyl (C=O) groups is 1. The van der Waals surface area contributed by atoms with Gasteiger partial charge in [0.2, 0.25) is 0 Å². The van der Waals surface area contributed by atoms with Crippen molar-refractivity contribution >= 4 is 23.0 Å². The highest BCUT2D eigenvalue weighted by Crippen LogP contribution is 2.25. The predicted octanol–water partition coefficient (Wildman–Crippen LogP) is 3.41. The molecule has 132 valence electrons. The maximum absolute atomic E-state index is 13.1. The molecular weight excluding hydrogens is 350 g/mol. The van der Waals surface area contributed by atoms with Crippen LogP contribution in [0.2, 0.25) is 5.02 Å². The van der Waals surface area contributed by atoms with Crippen LogP contribution < -0.4 is 0 Å². The third-order valence-corrected chi connectivity index (χ3v) is 4.07. The van der Waals surface area contributed by atoms with Gasteiger partial charge in [-0.1, -0.05) is 41.4 Å². The minimum Gasteiger partial charge on any atom is -0.383 e. The van der Waals surface area contributed by atoms with Gasteiger partial charge in [-0.3, -0.25) is 4.79 Å². The number of allylic oxidation sites excluding steroid dienone is 1. The Bertz CT molecular complexity index is 960. The molecule has 0 radical (unpaired) electrons. The van der Waals surface area contributed by atoms with Crippen molar-refractivity contribution in [2.75, 3.05) is 14.1 Å². The molecule has 0 N–H and O–H groups in total. The van der Waals surface area contributed by atoms with Crippen LogP contribution >= 0.6 is 11.6 Å². The first-order chi connectivity index (χ1) is 12.5. The van der Waals surface area contributed by atoms with Gasteiger partial charge >= 0.3 is 0 Å². The minimum absolute atomic E-state index is 0.243. The van der Waals surface area contributed by atoms with Crippen LogP contribution in [0.4, 0.5) is 0 Å². The number of hydrogen-bond donors (Lipinski definition) is 0. The van der Waals surface area contributed by atoms with Crippen LogP contribution in [0, 0.1) is 6.92 Å². The van der Waals surface area contributed by atoms with Gasteiger partial charge in [0.25, 0.3) is 0 Å². The summed E-state index contributed by atoms with van der Waals surface area (Å²) in [5.41, 5.74) is 2.65. The van der Waals surface area contributed by atoms with E-state index in [1.165, 1.54) is 0 Å². The van der Waals surface area contributed by atoms with E-state index in [-0.39, 0.29) is 5.78 Å². The molecule has 3 rings (SSSR count). The van der Waals surface area contributed by atoms with Gasteiger partial charge in [0.1, 0.15) is 0 Å². The third-order valence-electron chi connectivity index (χ3n) is 3.74. The molecular formula is C19H18ClN5O. The zero-order valence-electron chi connectivity index (χ0n) is 14.7. The first-order valence-electron chi connectivity index (χ1n) is 8.00. The summed E-state index contributed by atoms with van der Waals surface area (Å²) in [6.07, 6.45) is 1.70. The molecule has 0 aliphatic rings. The van der Waals surface area contributed by atoms with E-state index in [4.69, 9.17) is 11.6 Å². The van der Waals surface area contributed by atoms with Crippen LogP contribution in [-0.2, 0) is 0 Å². The standard InChI is InChI=1S/C19H18ClN5O/c1-13-8-10-14(11-9-13)25-19(21-22-23-25)16(12-24(2)3)18(26)15-6-4-5-7-17(15)20/h4-12H,1-3H3. The summed E-state index contributed by atoms with van der Waals surface area (Å²) < 4.78 is 1.55. The number of rotatable bonds is 5. The Labute approximate surface area is 156 Å². The molecule has 0 fully saturated rings. The van der Waals surface area contributed by atoms with Crippen molar-refractivity contribution in [3.8, 4) is 5.69 Å². The Kier molecular flexibility index (Phi) is 5.14. The monoisotopic (exact) mass is 367 g/mol. The average molecular weight is 368 g/mol. The van der Waals surface area contributed by atoms with Gasteiger partial charge < -0.3 is 4.90 Å². The number of ketones is 1. The summed E-state index contributed by atoms with van der Waals surface area (Å²) in [5.74, 6) is 0.111. The highest BCUT2D eigenvalue weighted by molar-refractivity contribution is 6.38. The molecule has 0 aliphatic carbocycles. The Balaban J connectivity index is 2.11. The van der Waals surface area contributed by atoms with Gasteiger partial charge in [-0.25, -0.2) is 0 Å². The van der Waals surface area contributed by atoms with E-state index >= 15 is 0 Å². The molecule has 3 aromatic rings. The second kappa shape index (κ2) is 7.49. The molecule has 0 saturated carbocycles. The lowest BCUT2D eigenvalue weighted by Gasteiger charge is -2.12. The Morgan fingerprint density at radius 1 is 1.12 bits per heavy atom. The van der Waals surface area contributed by atoms with E-state index in [1.54, 1.807) is 40.0 Å². The van der Waals surface area contributed by atoms with E-state index in [1.807, 2.05) is 45.3 Å². The van der Waals surface area contributed by atoms with E-state index in [9.17, 15) is 4.79 Å². The largest absolute Gasteiger partial charge is 0.383 e. The summed E-state index contributed by atoms with van der Waals surface area (Å²) in [5, 5.41) is 12.3. The Hall–Kier alpha value is -2.99. The summed E-state index contributed by atoms with van der Waals surface area (Å²) in [6, 6.07) is 14.7. The Morgan fingerprint density at radius 2 is 1.81 bits per heavy atom. The van der Waals surface area contributed by atoms with Crippen LogP contribution in [0.15, 0.2) is 54.7 Å². The molecule has 0 saturated heterocycles. The minimum atomic E-state index is -0.243. The summed E-state index contributed by atoms with van der Waals surface area (Å²) >= 11 is 6.22. The van der Waals surface area contributed by atoms with Crippen molar-refractivity contribution in [2.24, 2.45) is 0 Å². The summed E-state index contributed by atoms with van der Waals surface area (Å²) in [6.45, 7) is 2.00. The molecule has 26 heavy (non-hydrogen) atoms. The first kappa shape index (κ1) is 17.8. The maximum Gasteiger partial charge on any atom is 0.199 e. The van der Waals surface area contributed by atoms with Crippen LogP contribution in [0.5, 0.6) is 0 Å². The molecule has 1 heterocycles. The number of nitrogens with zero attached hydrogens (tertiary/aromatic N) is 5. The summed E-state index contributed by atoms with van der Waals surface area (Å²) in [4.78, 5) is 14.9. The number of hydrogen-bond acceptors (Lipinski definition) is 5. The number of carbonyl (C=O) groups excluding carboxylic acids is 1. The van der Waals surface area contributed by atoms with Crippen molar-refractivity contribution in [1.82, 2.24) is 25.1 Å². The van der Waals surface area contributed by atoms with Crippen molar-refractivity contribution < 1.29 is 4.79 Å². The van der Waals surface area contributed by atoms with E-state index in [0.717, 1.165) is 11.3 Å². The molecule has 0 spiro atoms. The first-order valence-corrected chi connectivity index (χ1v) is 8.38. The van der Waals surface area contributed by atoms with Gasteiger partial charge in [-0.15, -0.1) is 5.10 Å². The molecule has 0 bridgehead atoms. The van der Waals surface area contributed by atoms with Crippen LogP contribution in [-0.4, -0.2) is 45.0 Å². The number of benzene rings is 2. The number of Topliss-reactive ketones (excluding diaryl/α,β-unsaturated/α-hetero) is 1. The predicted molar refractivity (Wildman–Crippen MR) is 101 cm³/mol. The summed E-state index contributed by atoms with van der Waals surface area (Å²) in [7, 11) is 3.67. The molecule has 6 nitrogen and oxygen atoms in total. The molecule has 1 aromatic heterocycles. The second-order valence-corrected chi connectivity index (χ2v) is 6.47. The van der Waals surface area contributed by atoms with Crippen LogP contribution in [0.25, 0.3) is 11.3 Å². The molecule has 2 aromatic carbocycles. The number of tetrazole rings is 1. The number of halogens is 1. The lowest BCUT2D eigenvalue weighted by atomic mass is 10.0. The lowest BCUT2D eigenvalue weighted by molar-refractivity contribution is 0.105. The topological polar surface area (TPSA) is 63.9 Å². The highest BCUT2D eigenvalue weighted by atomic mass is 35.5. The van der Waals surface area contributed by atoms with Crippen LogP contribution in [0.1, 0.15) is 21.7 Å². The molecule has 0 unspecified atom stereocenters. The van der Waals surface area contributed by atoms with Crippen molar-refractivity contribution in [2.45, 2.75) is 6.92 Å². The van der Waals surface area contributed by atoms with Gasteiger partial charge in [-0.2, -0.15) is 4.68 Å². The van der Waals surface area contributed by atoms with E-state index < -0.39 is 0 Å². The quantitative estimate of drug-likeness (QED) is 0.510. The number of aryl methyl sites for hydroxylation is 1. The average Bonchev–Trinajstić information content (AvgIpc) is 3.09. The molecule has 0 amide bonds. The zero-order chi connectivity index (χ0) is 18.7. The van der Waals surface area contributed by atoms with Crippen molar-refractivity contribution in [3.05, 3.63) is 76.7 Å². The van der Waals surface area contributed by atoms with Crippen molar-refractivity contribution in [3.63, 3.8) is 0 Å². The molecule has 0 aliphatic heterocycles. The smallest absolute Gasteiger partial charge is 0.199 e. The fourth-order valence-electron chi connectivity index (χ4n) is 2.48. The third kappa shape index (κ3) is 3.65. The Morgan fingerprint density at radius 3 is 2.46 bits per heavy atom. The zero-order valence-corrected chi connectivity index (χ0v) is 15.5. The SMILES string of the molecule is Cc1ccc(-n2nnnc2C(=CN(C)C)C(=O)c2ccccc2Cl)cc1. The fraction of sp³-hybridized carbons (Fsp3) is 0.158. The normalized spacial score (nSPS) is 11.5.